The lowest BCUT2D eigenvalue weighted by atomic mass is 9.71. The Morgan fingerprint density at radius 2 is 1.70 bits per heavy atom. The van der Waals surface area contributed by atoms with Crippen LogP contribution in [0.4, 0.5) is 0 Å². The van der Waals surface area contributed by atoms with Crippen molar-refractivity contribution in [2.24, 2.45) is 47.3 Å². The summed E-state index contributed by atoms with van der Waals surface area (Å²) in [6.45, 7) is 16.4. The number of hydrogen-bond acceptors (Lipinski definition) is 11. The predicted molar refractivity (Wildman–Crippen MR) is 243 cm³/mol. The van der Waals surface area contributed by atoms with Crippen LogP contribution in [-0.2, 0) is 38.1 Å². The van der Waals surface area contributed by atoms with Gasteiger partial charge in [-0.15, -0.1) is 0 Å². The minimum atomic E-state index is -2.22. The summed E-state index contributed by atoms with van der Waals surface area (Å²) in [6, 6.07) is -0.961. The van der Waals surface area contributed by atoms with Gasteiger partial charge >= 0.3 is 5.97 Å². The summed E-state index contributed by atoms with van der Waals surface area (Å²) < 4.78 is 23.1. The molecule has 4 aliphatic rings. The molecule has 356 valence electrons. The number of cyclic esters (lactones) is 1. The largest absolute Gasteiger partial charge is 0.461 e. The molecule has 3 aliphatic heterocycles. The Hall–Kier alpha value is -3.00. The van der Waals surface area contributed by atoms with Crippen molar-refractivity contribution in [1.82, 2.24) is 4.90 Å². The number of likely N-dealkylation sites (tertiary alicyclic amines) is 1. The second-order valence-corrected chi connectivity index (χ2v) is 19.7. The lowest BCUT2D eigenvalue weighted by molar-refractivity contribution is -0.240. The Balaban J connectivity index is 1.44. The topological polar surface area (TPSA) is 169 Å². The molecule has 1 saturated carbocycles. The number of amides is 1. The Morgan fingerprint density at radius 3 is 2.37 bits per heavy atom. The number of ketones is 2. The van der Waals surface area contributed by atoms with E-state index in [9.17, 15) is 34.5 Å². The molecule has 0 aromatic carbocycles. The number of esters is 1. The summed E-state index contributed by atoms with van der Waals surface area (Å²) in [5.74, 6) is -4.90. The average Bonchev–Trinajstić information content (AvgIpc) is 3.36. The Labute approximate surface area is 377 Å². The third-order valence-corrected chi connectivity index (χ3v) is 15.0. The maximum Gasteiger partial charge on any atom is 0.329 e. The van der Waals surface area contributed by atoms with Crippen molar-refractivity contribution in [3.05, 3.63) is 47.6 Å². The fourth-order valence-electron chi connectivity index (χ4n) is 10.4. The Bertz CT molecular complexity index is 1650. The highest BCUT2D eigenvalue weighted by molar-refractivity contribution is 6.39. The number of nitrogens with zero attached hydrogens (tertiary/aromatic N) is 1. The van der Waals surface area contributed by atoms with E-state index in [4.69, 9.17) is 18.9 Å². The smallest absolute Gasteiger partial charge is 0.329 e. The number of carbonyl (C=O) groups is 4. The molecule has 3 saturated heterocycles. The van der Waals surface area contributed by atoms with Crippen molar-refractivity contribution in [2.75, 3.05) is 27.4 Å². The van der Waals surface area contributed by atoms with Crippen LogP contribution in [0, 0.1) is 47.3 Å². The summed E-state index contributed by atoms with van der Waals surface area (Å²) in [4.78, 5) is 56.3. The molecule has 0 spiro atoms. The summed E-state index contributed by atoms with van der Waals surface area (Å²) >= 11 is 0. The van der Waals surface area contributed by atoms with E-state index < -0.39 is 59.8 Å². The van der Waals surface area contributed by atoms with Crippen LogP contribution in [0.5, 0.6) is 0 Å². The molecule has 2 unspecified atom stereocenters. The molecule has 4 fully saturated rings. The van der Waals surface area contributed by atoms with Gasteiger partial charge in [0, 0.05) is 32.6 Å². The zero-order valence-electron chi connectivity index (χ0n) is 40.0. The van der Waals surface area contributed by atoms with Crippen LogP contribution in [-0.4, -0.2) is 113 Å². The van der Waals surface area contributed by atoms with E-state index in [2.05, 4.69) is 39.8 Å². The SMILES string of the molecule is CCC(C)/C(C)=C/C=C/C=C/[C@@H](C)C[C@@H](C)C(=O)[C@H](OC)[C@H](O)/C(C)=C/[C@@H](C)CC[C@@H]1OC(=O)[C@@H]2CC(CCN2C(=O)C(=O)[C@]2(O)OCCC[C@H]2C)[C@@H]1C[C@@H]1CC[C@@H](O)[C@H](OC)C1. The van der Waals surface area contributed by atoms with E-state index in [1.54, 1.807) is 14.0 Å². The first-order chi connectivity index (χ1) is 29.9. The minimum absolute atomic E-state index is 0.0284. The summed E-state index contributed by atoms with van der Waals surface area (Å²) in [6.07, 6.45) is 16.8. The lowest BCUT2D eigenvalue weighted by Gasteiger charge is -2.41. The predicted octanol–water partition coefficient (Wildman–Crippen LogP) is 7.48. The third-order valence-electron chi connectivity index (χ3n) is 15.0. The first kappa shape index (κ1) is 52.6. The number of fused-ring (bicyclic) bond motifs is 2. The van der Waals surface area contributed by atoms with Crippen molar-refractivity contribution in [1.29, 1.82) is 0 Å². The number of piperidine rings is 1. The van der Waals surface area contributed by atoms with Crippen LogP contribution in [0.2, 0.25) is 0 Å². The van der Waals surface area contributed by atoms with Gasteiger partial charge in [0.2, 0.25) is 5.79 Å². The fourth-order valence-corrected chi connectivity index (χ4v) is 10.4. The number of allylic oxidation sites excluding steroid dienone is 7. The highest BCUT2D eigenvalue weighted by Crippen LogP contribution is 2.44. The van der Waals surface area contributed by atoms with E-state index in [0.29, 0.717) is 69.3 Å². The molecule has 12 heteroatoms. The molecule has 63 heavy (non-hydrogen) atoms. The maximum absolute atomic E-state index is 14.0. The molecule has 0 aromatic rings. The Morgan fingerprint density at radius 1 is 0.968 bits per heavy atom. The number of methoxy groups -OCH3 is 2. The van der Waals surface area contributed by atoms with Gasteiger partial charge in [0.15, 0.2) is 5.78 Å². The molecule has 15 atom stereocenters. The monoisotopic (exact) mass is 884 g/mol. The lowest BCUT2D eigenvalue weighted by Crippen LogP contribution is -2.59. The number of hydrogen-bond donors (Lipinski definition) is 3. The van der Waals surface area contributed by atoms with Crippen molar-refractivity contribution in [2.45, 2.75) is 175 Å². The quantitative estimate of drug-likeness (QED) is 0.0452. The van der Waals surface area contributed by atoms with E-state index in [1.807, 2.05) is 45.1 Å². The highest BCUT2D eigenvalue weighted by Gasteiger charge is 2.53. The summed E-state index contributed by atoms with van der Waals surface area (Å²) in [5.41, 5.74) is 1.97. The zero-order valence-corrected chi connectivity index (χ0v) is 40.0. The standard InChI is InChI=1S/C51H81NO11/c1-11-33(4)34(5)17-14-12-13-16-31(2)26-35(6)45(54)47(61-10)46(55)36(7)27-32(3)19-22-43-40(28-38-20-21-42(53)44(29-38)60-9)39-23-24-52(41(30-39)50(58)63-43)49(57)48(56)51(59)37(8)18-15-25-62-51/h12-14,16-17,27,31-33,35,37-44,46-47,53,55,59H,11,15,18-26,28-30H2,1-10H3/b14-12+,16-13+,34-17+,36-27+/t31-,32+,33?,35-,37-,38+,39?,40+,41+,42-,43+,44-,46-,47+,51-/m1/s1. The van der Waals surface area contributed by atoms with Gasteiger partial charge in [0.25, 0.3) is 11.7 Å². The van der Waals surface area contributed by atoms with Crippen molar-refractivity contribution in [3.8, 4) is 0 Å². The molecule has 3 heterocycles. The van der Waals surface area contributed by atoms with Crippen molar-refractivity contribution in [3.63, 3.8) is 0 Å². The van der Waals surface area contributed by atoms with E-state index in [0.717, 1.165) is 19.3 Å². The Kier molecular flexibility index (Phi) is 20.5. The van der Waals surface area contributed by atoms with Gasteiger partial charge in [-0.2, -0.15) is 0 Å². The first-order valence-electron chi connectivity index (χ1n) is 23.9. The molecule has 1 amide bonds. The normalized spacial score (nSPS) is 32.7. The van der Waals surface area contributed by atoms with Crippen LogP contribution in [0.25, 0.3) is 0 Å². The van der Waals surface area contributed by atoms with Crippen LogP contribution in [0.1, 0.15) is 132 Å². The molecular weight excluding hydrogens is 803 g/mol. The molecule has 0 radical (unpaired) electrons. The summed E-state index contributed by atoms with van der Waals surface area (Å²) in [5, 5.41) is 33.2. The number of Topliss-reactive ketones (excluding diaryl/α,β-unsaturated/α-hetero) is 2. The molecule has 2 bridgehead atoms. The summed E-state index contributed by atoms with van der Waals surface area (Å²) in [7, 11) is 3.07. The third kappa shape index (κ3) is 13.8. The average molecular weight is 884 g/mol. The fraction of sp³-hybridized carbons (Fsp3) is 0.765. The first-order valence-corrected chi connectivity index (χ1v) is 23.9. The molecule has 3 N–H and O–H groups in total. The molecule has 0 aromatic heterocycles. The van der Waals surface area contributed by atoms with Crippen LogP contribution >= 0.6 is 0 Å². The number of aliphatic hydroxyl groups excluding tert-OH is 2. The van der Waals surface area contributed by atoms with Gasteiger partial charge in [0.05, 0.1) is 18.8 Å². The molecule has 12 nitrogen and oxygen atoms in total. The minimum Gasteiger partial charge on any atom is -0.461 e. The van der Waals surface area contributed by atoms with Crippen LogP contribution < -0.4 is 0 Å². The van der Waals surface area contributed by atoms with Gasteiger partial charge in [0.1, 0.15) is 24.4 Å². The molecule has 4 rings (SSSR count). The highest BCUT2D eigenvalue weighted by atomic mass is 16.6. The van der Waals surface area contributed by atoms with Gasteiger partial charge in [-0.3, -0.25) is 14.4 Å². The molecular formula is C51H81NO11. The van der Waals surface area contributed by atoms with Gasteiger partial charge in [-0.1, -0.05) is 83.6 Å². The van der Waals surface area contributed by atoms with Crippen molar-refractivity contribution < 1.29 is 53.4 Å². The van der Waals surface area contributed by atoms with E-state index in [-0.39, 0.29) is 60.5 Å². The van der Waals surface area contributed by atoms with E-state index >= 15 is 0 Å². The second kappa shape index (κ2) is 24.5. The van der Waals surface area contributed by atoms with Gasteiger partial charge < -0.3 is 39.2 Å². The maximum atomic E-state index is 14.0. The van der Waals surface area contributed by atoms with Crippen molar-refractivity contribution >= 4 is 23.4 Å². The molecule has 1 aliphatic carbocycles. The van der Waals surface area contributed by atoms with Crippen LogP contribution in [0.3, 0.4) is 0 Å². The number of carbonyl (C=O) groups excluding carboxylic acids is 4. The number of rotatable bonds is 21. The van der Waals surface area contributed by atoms with Gasteiger partial charge in [-0.25, -0.2) is 4.79 Å². The van der Waals surface area contributed by atoms with Crippen LogP contribution in [0.15, 0.2) is 47.6 Å². The second-order valence-electron chi connectivity index (χ2n) is 19.7. The number of aliphatic hydroxyl groups is 3. The zero-order chi connectivity index (χ0) is 46.6. The number of ether oxygens (including phenoxy) is 4. The van der Waals surface area contributed by atoms with Gasteiger partial charge in [-0.05, 0) is 132 Å². The van der Waals surface area contributed by atoms with E-state index in [1.165, 1.54) is 17.6 Å².